The Morgan fingerprint density at radius 2 is 1.58 bits per heavy atom. The maximum absolute atomic E-state index is 5.94. The number of rotatable bonds is 6. The van der Waals surface area contributed by atoms with Gasteiger partial charge >= 0.3 is 0 Å². The summed E-state index contributed by atoms with van der Waals surface area (Å²) in [5.74, 6) is 0. The third kappa shape index (κ3) is 3.35. The molecule has 26 heavy (non-hydrogen) atoms. The number of halogens is 1. The molecule has 0 aliphatic rings. The fraction of sp³-hybridized carbons (Fsp3) is 0.217. The number of hydrogen-bond acceptors (Lipinski definition) is 0. The van der Waals surface area contributed by atoms with E-state index in [4.69, 9.17) is 11.6 Å². The van der Waals surface area contributed by atoms with Crippen LogP contribution in [0.4, 0.5) is 0 Å². The molecule has 2 nitrogen and oxygen atoms in total. The van der Waals surface area contributed by atoms with E-state index in [1.54, 1.807) is 0 Å². The molecule has 4 aromatic rings. The Kier molecular flexibility index (Phi) is 4.96. The van der Waals surface area contributed by atoms with Gasteiger partial charge in [-0.2, -0.15) is 0 Å². The molecule has 0 saturated heterocycles. The van der Waals surface area contributed by atoms with Crippen LogP contribution < -0.4 is 5.32 Å². The van der Waals surface area contributed by atoms with Crippen molar-refractivity contribution in [3.63, 3.8) is 0 Å². The molecule has 0 aliphatic carbocycles. The Bertz CT molecular complexity index is 1030. The molecule has 0 saturated carbocycles. The lowest BCUT2D eigenvalue weighted by Gasteiger charge is -2.05. The van der Waals surface area contributed by atoms with Gasteiger partial charge in [-0.15, -0.1) is 0 Å². The summed E-state index contributed by atoms with van der Waals surface area (Å²) in [6.45, 7) is 5.30. The zero-order chi connectivity index (χ0) is 17.9. The Labute approximate surface area is 159 Å². The topological polar surface area (TPSA) is 21.5 Å². The van der Waals surface area contributed by atoms with E-state index in [1.807, 2.05) is 12.1 Å². The minimum Gasteiger partial charge on any atom is -0.342 e. The Morgan fingerprint density at radius 1 is 0.846 bits per heavy atom. The highest BCUT2D eigenvalue weighted by atomic mass is 35.5. The van der Waals surface area contributed by atoms with E-state index in [0.717, 1.165) is 31.1 Å². The second-order valence-corrected chi connectivity index (χ2v) is 7.21. The van der Waals surface area contributed by atoms with E-state index in [0.29, 0.717) is 0 Å². The van der Waals surface area contributed by atoms with Crippen molar-refractivity contribution in [2.75, 3.05) is 6.54 Å². The van der Waals surface area contributed by atoms with Crippen molar-refractivity contribution in [2.24, 2.45) is 0 Å². The lowest BCUT2D eigenvalue weighted by atomic mass is 10.1. The predicted octanol–water partition coefficient (Wildman–Crippen LogP) is 4.77. The second kappa shape index (κ2) is 7.53. The number of hydrogen-bond donors (Lipinski definition) is 1. The molecule has 4 rings (SSSR count). The van der Waals surface area contributed by atoms with Crippen LogP contribution in [0.5, 0.6) is 0 Å². The Morgan fingerprint density at radius 3 is 2.38 bits per heavy atom. The molecule has 0 atom stereocenters. The molecule has 0 bridgehead atoms. The molecule has 0 fully saturated rings. The normalized spacial score (nSPS) is 11.5. The molecule has 2 N–H and O–H groups in total. The average molecular weight is 364 g/mol. The molecule has 3 aromatic carbocycles. The van der Waals surface area contributed by atoms with Gasteiger partial charge in [0.05, 0.1) is 6.54 Å². The number of aryl methyl sites for hydroxylation is 1. The van der Waals surface area contributed by atoms with E-state index >= 15 is 0 Å². The molecule has 0 unspecified atom stereocenters. The van der Waals surface area contributed by atoms with E-state index in [9.17, 15) is 0 Å². The third-order valence-electron chi connectivity index (χ3n) is 5.08. The van der Waals surface area contributed by atoms with Crippen LogP contribution in [0.1, 0.15) is 18.1 Å². The number of aromatic nitrogens is 1. The highest BCUT2D eigenvalue weighted by molar-refractivity contribution is 6.30. The highest BCUT2D eigenvalue weighted by Gasteiger charge is 2.10. The molecule has 0 amide bonds. The van der Waals surface area contributed by atoms with Gasteiger partial charge in [0.1, 0.15) is 6.54 Å². The van der Waals surface area contributed by atoms with Gasteiger partial charge in [-0.25, -0.2) is 0 Å². The third-order valence-corrected chi connectivity index (χ3v) is 5.34. The van der Waals surface area contributed by atoms with E-state index < -0.39 is 0 Å². The predicted molar refractivity (Wildman–Crippen MR) is 111 cm³/mol. The van der Waals surface area contributed by atoms with Crippen molar-refractivity contribution in [3.05, 3.63) is 82.9 Å². The summed E-state index contributed by atoms with van der Waals surface area (Å²) in [7, 11) is 0. The summed E-state index contributed by atoms with van der Waals surface area (Å²) in [6, 6.07) is 23.8. The second-order valence-electron chi connectivity index (χ2n) is 6.77. The highest BCUT2D eigenvalue weighted by Crippen LogP contribution is 2.29. The molecule has 132 valence electrons. The number of quaternary nitrogens is 1. The molecular formula is C23H24ClN2+. The Balaban J connectivity index is 1.49. The standard InChI is InChI=1S/C23H23ClN2/c1-2-26-22-6-4-3-5-20(22)21-15-18(9-12-23(21)26)16-25-14-13-17-7-10-19(24)11-8-17/h3-12,15,25H,2,13-14,16H2,1H3/p+1. The van der Waals surface area contributed by atoms with E-state index in [1.165, 1.54) is 32.9 Å². The van der Waals surface area contributed by atoms with Crippen molar-refractivity contribution in [2.45, 2.75) is 26.4 Å². The van der Waals surface area contributed by atoms with Crippen LogP contribution in [0, 0.1) is 0 Å². The summed E-state index contributed by atoms with van der Waals surface area (Å²) >= 11 is 5.94. The van der Waals surface area contributed by atoms with Crippen LogP contribution in [-0.2, 0) is 19.5 Å². The summed E-state index contributed by atoms with van der Waals surface area (Å²) < 4.78 is 2.40. The van der Waals surface area contributed by atoms with Crippen molar-refractivity contribution in [3.8, 4) is 0 Å². The molecule has 1 aromatic heterocycles. The molecular weight excluding hydrogens is 340 g/mol. The molecule has 3 heteroatoms. The number of benzene rings is 3. The van der Waals surface area contributed by atoms with Crippen molar-refractivity contribution in [1.29, 1.82) is 0 Å². The van der Waals surface area contributed by atoms with Crippen LogP contribution in [0.25, 0.3) is 21.8 Å². The van der Waals surface area contributed by atoms with Crippen LogP contribution in [0.15, 0.2) is 66.7 Å². The zero-order valence-corrected chi connectivity index (χ0v) is 15.8. The minimum absolute atomic E-state index is 0.803. The van der Waals surface area contributed by atoms with Crippen LogP contribution in [0.2, 0.25) is 5.02 Å². The van der Waals surface area contributed by atoms with E-state index in [-0.39, 0.29) is 0 Å². The fourth-order valence-electron chi connectivity index (χ4n) is 3.76. The first-order valence-corrected chi connectivity index (χ1v) is 9.70. The lowest BCUT2D eigenvalue weighted by molar-refractivity contribution is -0.670. The van der Waals surface area contributed by atoms with Crippen LogP contribution in [-0.4, -0.2) is 11.1 Å². The summed E-state index contributed by atoms with van der Waals surface area (Å²) in [6.07, 6.45) is 1.06. The average Bonchev–Trinajstić information content (AvgIpc) is 3.00. The van der Waals surface area contributed by atoms with Gasteiger partial charge in [0.15, 0.2) is 0 Å². The first-order valence-electron chi connectivity index (χ1n) is 9.32. The summed E-state index contributed by atoms with van der Waals surface area (Å²) in [4.78, 5) is 0. The molecule has 0 spiro atoms. The van der Waals surface area contributed by atoms with Crippen LogP contribution >= 0.6 is 11.6 Å². The van der Waals surface area contributed by atoms with Crippen molar-refractivity contribution < 1.29 is 5.32 Å². The monoisotopic (exact) mass is 363 g/mol. The van der Waals surface area contributed by atoms with Gasteiger partial charge in [-0.1, -0.05) is 48.0 Å². The quantitative estimate of drug-likeness (QED) is 0.476. The van der Waals surface area contributed by atoms with Crippen LogP contribution in [0.3, 0.4) is 0 Å². The summed E-state index contributed by atoms with van der Waals surface area (Å²) in [5, 5.41) is 5.91. The number of fused-ring (bicyclic) bond motifs is 3. The van der Waals surface area contributed by atoms with Gasteiger partial charge < -0.3 is 9.88 Å². The number of para-hydroxylation sites is 1. The van der Waals surface area contributed by atoms with Gasteiger partial charge in [0, 0.05) is 45.4 Å². The molecule has 0 aliphatic heterocycles. The Hall–Kier alpha value is -2.29. The number of nitrogens with zero attached hydrogens (tertiary/aromatic N) is 1. The van der Waals surface area contributed by atoms with E-state index in [2.05, 4.69) is 71.4 Å². The lowest BCUT2D eigenvalue weighted by Crippen LogP contribution is -2.83. The van der Waals surface area contributed by atoms with Gasteiger partial charge in [0.25, 0.3) is 0 Å². The molecule has 0 radical (unpaired) electrons. The summed E-state index contributed by atoms with van der Waals surface area (Å²) in [5.41, 5.74) is 5.38. The largest absolute Gasteiger partial charge is 0.342 e. The first-order chi connectivity index (χ1) is 12.8. The van der Waals surface area contributed by atoms with Crippen molar-refractivity contribution in [1.82, 2.24) is 4.57 Å². The molecule has 1 heterocycles. The van der Waals surface area contributed by atoms with Gasteiger partial charge in [-0.3, -0.25) is 0 Å². The smallest absolute Gasteiger partial charge is 0.101 e. The van der Waals surface area contributed by atoms with Gasteiger partial charge in [0.2, 0.25) is 0 Å². The SMILES string of the molecule is CCn1c2ccccc2c2cc(C[NH2+]CCc3ccc(Cl)cc3)ccc21. The maximum Gasteiger partial charge on any atom is 0.101 e. The van der Waals surface area contributed by atoms with Gasteiger partial charge in [-0.05, 0) is 42.8 Å². The first kappa shape index (κ1) is 17.1. The maximum atomic E-state index is 5.94. The number of nitrogens with two attached hydrogens (primary N) is 1. The van der Waals surface area contributed by atoms with Crippen molar-refractivity contribution >= 4 is 33.4 Å². The minimum atomic E-state index is 0.803. The fourth-order valence-corrected chi connectivity index (χ4v) is 3.88. The zero-order valence-electron chi connectivity index (χ0n) is 15.1.